The van der Waals surface area contributed by atoms with Crippen LogP contribution in [0.15, 0.2) is 42.6 Å². The second kappa shape index (κ2) is 6.86. The summed E-state index contributed by atoms with van der Waals surface area (Å²) in [6, 6.07) is 10.2. The number of carbonyl (C=O) groups is 1. The van der Waals surface area contributed by atoms with Crippen molar-refractivity contribution in [2.24, 2.45) is 5.73 Å². The van der Waals surface area contributed by atoms with Crippen molar-refractivity contribution < 1.29 is 22.7 Å². The molecule has 1 atom stereocenters. The van der Waals surface area contributed by atoms with Crippen molar-refractivity contribution in [3.05, 3.63) is 53.7 Å². The van der Waals surface area contributed by atoms with Crippen molar-refractivity contribution in [2.45, 2.75) is 26.1 Å². The van der Waals surface area contributed by atoms with Crippen LogP contribution in [0.1, 0.15) is 22.8 Å². The van der Waals surface area contributed by atoms with E-state index in [0.717, 1.165) is 23.6 Å². The second-order valence-corrected chi connectivity index (χ2v) is 6.15. The van der Waals surface area contributed by atoms with E-state index in [4.69, 9.17) is 10.5 Å². The molecule has 0 bridgehead atoms. The fourth-order valence-electron chi connectivity index (χ4n) is 2.64. The zero-order valence-electron chi connectivity index (χ0n) is 14.5. The summed E-state index contributed by atoms with van der Waals surface area (Å²) >= 11 is 0. The van der Waals surface area contributed by atoms with E-state index < -0.39 is 18.2 Å². The number of rotatable bonds is 4. The summed E-state index contributed by atoms with van der Waals surface area (Å²) in [4.78, 5) is 11.4. The molecule has 2 aromatic carbocycles. The van der Waals surface area contributed by atoms with Crippen LogP contribution in [0.5, 0.6) is 5.88 Å². The zero-order valence-corrected chi connectivity index (χ0v) is 14.5. The summed E-state index contributed by atoms with van der Waals surface area (Å²) in [5.74, 6) is -0.730. The number of alkyl halides is 3. The van der Waals surface area contributed by atoms with Crippen LogP contribution >= 0.6 is 0 Å². The standard InChI is InChI=1S/C19H16F3N3O2/c1-10-3-4-13(17(23)26)8-16(10)12-5-6-15-14(7-12)9-24-25-18(15)27-11(2)19(20,21)22/h3-9,11H,1-2H3,(H2,23,26)/t11-/m0/s1. The third kappa shape index (κ3) is 3.84. The number of halogens is 3. The van der Waals surface area contributed by atoms with Gasteiger partial charge in [-0.1, -0.05) is 12.1 Å². The molecule has 8 heteroatoms. The first-order chi connectivity index (χ1) is 12.7. The summed E-state index contributed by atoms with van der Waals surface area (Å²) < 4.78 is 43.2. The van der Waals surface area contributed by atoms with E-state index in [1.807, 2.05) is 6.92 Å². The van der Waals surface area contributed by atoms with E-state index in [-0.39, 0.29) is 5.88 Å². The number of hydrogen-bond donors (Lipinski definition) is 1. The summed E-state index contributed by atoms with van der Waals surface area (Å²) in [7, 11) is 0. The average molecular weight is 375 g/mol. The van der Waals surface area contributed by atoms with Crippen LogP contribution in [-0.2, 0) is 0 Å². The Labute approximate surface area is 153 Å². The van der Waals surface area contributed by atoms with Crippen molar-refractivity contribution in [2.75, 3.05) is 0 Å². The molecule has 27 heavy (non-hydrogen) atoms. The molecule has 0 aliphatic heterocycles. The predicted molar refractivity (Wildman–Crippen MR) is 94.4 cm³/mol. The van der Waals surface area contributed by atoms with Gasteiger partial charge in [0.15, 0.2) is 6.10 Å². The van der Waals surface area contributed by atoms with Gasteiger partial charge in [-0.25, -0.2) is 0 Å². The van der Waals surface area contributed by atoms with E-state index in [1.165, 1.54) is 6.20 Å². The maximum Gasteiger partial charge on any atom is 0.425 e. The number of fused-ring (bicyclic) bond motifs is 1. The Hall–Kier alpha value is -3.16. The fourth-order valence-corrected chi connectivity index (χ4v) is 2.64. The highest BCUT2D eigenvalue weighted by atomic mass is 19.4. The van der Waals surface area contributed by atoms with Crippen LogP contribution in [0.25, 0.3) is 21.9 Å². The highest BCUT2D eigenvalue weighted by Gasteiger charge is 2.38. The number of aryl methyl sites for hydroxylation is 1. The molecule has 0 unspecified atom stereocenters. The first kappa shape index (κ1) is 18.6. The molecule has 5 nitrogen and oxygen atoms in total. The quantitative estimate of drug-likeness (QED) is 0.747. The maximum absolute atomic E-state index is 12.8. The van der Waals surface area contributed by atoms with Crippen LogP contribution in [0.2, 0.25) is 0 Å². The van der Waals surface area contributed by atoms with Crippen molar-refractivity contribution in [3.63, 3.8) is 0 Å². The molecule has 0 aliphatic rings. The lowest BCUT2D eigenvalue weighted by atomic mass is 9.96. The minimum Gasteiger partial charge on any atom is -0.463 e. The smallest absolute Gasteiger partial charge is 0.425 e. The van der Waals surface area contributed by atoms with E-state index in [0.29, 0.717) is 16.3 Å². The lowest BCUT2D eigenvalue weighted by Crippen LogP contribution is -2.31. The lowest BCUT2D eigenvalue weighted by Gasteiger charge is -2.17. The molecule has 3 rings (SSSR count). The second-order valence-electron chi connectivity index (χ2n) is 6.15. The minimum absolute atomic E-state index is 0.188. The number of nitrogens with zero attached hydrogens (tertiary/aromatic N) is 2. The van der Waals surface area contributed by atoms with E-state index in [9.17, 15) is 18.0 Å². The highest BCUT2D eigenvalue weighted by molar-refractivity contribution is 5.95. The van der Waals surface area contributed by atoms with Gasteiger partial charge in [-0.2, -0.15) is 18.3 Å². The van der Waals surface area contributed by atoms with Gasteiger partial charge in [0.2, 0.25) is 11.8 Å². The van der Waals surface area contributed by atoms with E-state index >= 15 is 0 Å². The molecule has 140 valence electrons. The summed E-state index contributed by atoms with van der Waals surface area (Å²) in [6.07, 6.45) is -5.07. The van der Waals surface area contributed by atoms with Gasteiger partial charge in [0, 0.05) is 16.3 Å². The number of hydrogen-bond acceptors (Lipinski definition) is 4. The molecule has 0 aliphatic carbocycles. The predicted octanol–water partition coefficient (Wildman–Crippen LogP) is 4.03. The average Bonchev–Trinajstić information content (AvgIpc) is 2.61. The first-order valence-corrected chi connectivity index (χ1v) is 8.06. The Balaban J connectivity index is 2.05. The van der Waals surface area contributed by atoms with Gasteiger partial charge in [0.25, 0.3) is 0 Å². The van der Waals surface area contributed by atoms with Crippen LogP contribution in [-0.4, -0.2) is 28.4 Å². The topological polar surface area (TPSA) is 78.1 Å². The van der Waals surface area contributed by atoms with Gasteiger partial charge in [0.05, 0.1) is 6.20 Å². The molecule has 1 heterocycles. The summed E-state index contributed by atoms with van der Waals surface area (Å²) in [6.45, 7) is 2.79. The SMILES string of the molecule is Cc1ccc(C(N)=O)cc1-c1ccc2c(O[C@@H](C)C(F)(F)F)nncc2c1. The van der Waals surface area contributed by atoms with E-state index in [1.54, 1.807) is 36.4 Å². The van der Waals surface area contributed by atoms with E-state index in [2.05, 4.69) is 10.2 Å². The van der Waals surface area contributed by atoms with Gasteiger partial charge >= 0.3 is 6.18 Å². The van der Waals surface area contributed by atoms with Gasteiger partial charge < -0.3 is 10.5 Å². The molecular formula is C19H16F3N3O2. The van der Waals surface area contributed by atoms with Gasteiger partial charge in [-0.15, -0.1) is 5.10 Å². The van der Waals surface area contributed by atoms with Crippen LogP contribution in [0.3, 0.4) is 0 Å². The third-order valence-electron chi connectivity index (χ3n) is 4.21. The Morgan fingerprint density at radius 1 is 1.19 bits per heavy atom. The fraction of sp³-hybridized carbons (Fsp3) is 0.211. The maximum atomic E-state index is 12.8. The largest absolute Gasteiger partial charge is 0.463 e. The lowest BCUT2D eigenvalue weighted by molar-refractivity contribution is -0.189. The van der Waals surface area contributed by atoms with Gasteiger partial charge in [0.1, 0.15) is 0 Å². The number of primary amides is 1. The summed E-state index contributed by atoms with van der Waals surface area (Å²) in [5.41, 5.74) is 8.18. The van der Waals surface area contributed by atoms with Crippen LogP contribution in [0.4, 0.5) is 13.2 Å². The normalized spacial score (nSPS) is 12.8. The van der Waals surface area contributed by atoms with Crippen LogP contribution in [0, 0.1) is 6.92 Å². The Bertz CT molecular complexity index is 1020. The van der Waals surface area contributed by atoms with Crippen LogP contribution < -0.4 is 10.5 Å². The molecule has 1 aromatic heterocycles. The third-order valence-corrected chi connectivity index (χ3v) is 4.21. The van der Waals surface area contributed by atoms with Gasteiger partial charge in [-0.05, 0) is 54.8 Å². The molecular weight excluding hydrogens is 359 g/mol. The number of nitrogens with two attached hydrogens (primary N) is 1. The zero-order chi connectivity index (χ0) is 19.8. The molecule has 0 spiro atoms. The Kier molecular flexibility index (Phi) is 4.73. The molecule has 3 aromatic rings. The van der Waals surface area contributed by atoms with Gasteiger partial charge in [-0.3, -0.25) is 4.79 Å². The molecule has 0 saturated carbocycles. The highest BCUT2D eigenvalue weighted by Crippen LogP contribution is 2.32. The first-order valence-electron chi connectivity index (χ1n) is 8.06. The number of amides is 1. The molecule has 0 radical (unpaired) electrons. The van der Waals surface area contributed by atoms with Crippen molar-refractivity contribution in [1.29, 1.82) is 0 Å². The van der Waals surface area contributed by atoms with Crippen molar-refractivity contribution in [1.82, 2.24) is 10.2 Å². The number of aromatic nitrogens is 2. The molecule has 2 N–H and O–H groups in total. The number of carbonyl (C=O) groups excluding carboxylic acids is 1. The number of ether oxygens (including phenoxy) is 1. The minimum atomic E-state index is -4.50. The molecule has 0 fully saturated rings. The molecule has 0 saturated heterocycles. The Morgan fingerprint density at radius 2 is 1.93 bits per heavy atom. The van der Waals surface area contributed by atoms with Crippen molar-refractivity contribution >= 4 is 16.7 Å². The summed E-state index contributed by atoms with van der Waals surface area (Å²) in [5, 5.41) is 8.39. The Morgan fingerprint density at radius 3 is 2.59 bits per heavy atom. The molecule has 1 amide bonds. The van der Waals surface area contributed by atoms with Crippen molar-refractivity contribution in [3.8, 4) is 17.0 Å². The number of benzene rings is 2. The monoisotopic (exact) mass is 375 g/mol.